The number of H-pyrrole nitrogens is 1. The summed E-state index contributed by atoms with van der Waals surface area (Å²) in [7, 11) is 0. The number of ether oxygens (including phenoxy) is 1. The molecule has 0 aliphatic carbocycles. The fraction of sp³-hybridized carbons (Fsp3) is 0.667. The van der Waals surface area contributed by atoms with E-state index in [4.69, 9.17) is 4.74 Å². The van der Waals surface area contributed by atoms with Crippen molar-refractivity contribution in [2.75, 3.05) is 13.1 Å². The monoisotopic (exact) mass is 269 g/mol. The van der Waals surface area contributed by atoms with Gasteiger partial charge in [-0.3, -0.25) is 14.3 Å². The van der Waals surface area contributed by atoms with E-state index >= 15 is 0 Å². The van der Waals surface area contributed by atoms with E-state index in [9.17, 15) is 14.7 Å². The largest absolute Gasteiger partial charge is 0.390 e. The molecular weight excluding hydrogens is 250 g/mol. The molecule has 1 fully saturated rings. The maximum atomic E-state index is 11.7. The Balaban J connectivity index is 2.18. The zero-order valence-corrected chi connectivity index (χ0v) is 11.0. The van der Waals surface area contributed by atoms with Crippen molar-refractivity contribution in [3.63, 3.8) is 0 Å². The maximum Gasteiger partial charge on any atom is 0.330 e. The first-order valence-corrected chi connectivity index (χ1v) is 6.39. The van der Waals surface area contributed by atoms with Gasteiger partial charge >= 0.3 is 5.69 Å². The van der Waals surface area contributed by atoms with Crippen molar-refractivity contribution >= 4 is 0 Å². The molecule has 2 heterocycles. The normalized spacial score (nSPS) is 26.8. The molecule has 1 aromatic heterocycles. The van der Waals surface area contributed by atoms with Gasteiger partial charge in [0.15, 0.2) is 0 Å². The first-order valence-electron chi connectivity index (χ1n) is 6.39. The molecule has 106 valence electrons. The second kappa shape index (κ2) is 5.68. The van der Waals surface area contributed by atoms with Gasteiger partial charge in [0, 0.05) is 24.7 Å². The lowest BCUT2D eigenvalue weighted by atomic mass is 10.2. The quantitative estimate of drug-likeness (QED) is 0.658. The molecule has 0 spiro atoms. The molecule has 0 saturated carbocycles. The molecule has 3 atom stereocenters. The van der Waals surface area contributed by atoms with Crippen LogP contribution in [0.3, 0.4) is 0 Å². The smallest absolute Gasteiger partial charge is 0.330 e. The second-order valence-corrected chi connectivity index (χ2v) is 4.72. The minimum Gasteiger partial charge on any atom is -0.390 e. The fourth-order valence-electron chi connectivity index (χ4n) is 2.16. The van der Waals surface area contributed by atoms with E-state index in [0.717, 1.165) is 6.54 Å². The van der Waals surface area contributed by atoms with Crippen molar-refractivity contribution in [3.8, 4) is 0 Å². The number of nitrogens with zero attached hydrogens (tertiary/aromatic N) is 1. The van der Waals surface area contributed by atoms with Crippen LogP contribution < -0.4 is 16.6 Å². The summed E-state index contributed by atoms with van der Waals surface area (Å²) in [5.74, 6) is 0. The molecule has 3 N–H and O–H groups in total. The standard InChI is InChI=1S/C12H19N3O4/c1-3-13-5-9-8(16)4-10(19-9)15-6-7(2)11(17)14-12(15)18/h6,8-10,13,16H,3-5H2,1-2H3,(H,14,17,18)/t8-,9-,10-/m1/s1. The van der Waals surface area contributed by atoms with Crippen molar-refractivity contribution in [2.24, 2.45) is 0 Å². The van der Waals surface area contributed by atoms with Crippen LogP contribution >= 0.6 is 0 Å². The summed E-state index contributed by atoms with van der Waals surface area (Å²) in [6, 6.07) is 0. The Kier molecular flexibility index (Phi) is 4.18. The highest BCUT2D eigenvalue weighted by Gasteiger charge is 2.35. The molecule has 0 bridgehead atoms. The Hall–Kier alpha value is -1.44. The molecule has 2 rings (SSSR count). The number of rotatable bonds is 4. The Bertz CT molecular complexity index is 551. The van der Waals surface area contributed by atoms with Crippen LogP contribution in [0.4, 0.5) is 0 Å². The predicted molar refractivity (Wildman–Crippen MR) is 69.1 cm³/mol. The van der Waals surface area contributed by atoms with Crippen molar-refractivity contribution in [3.05, 3.63) is 32.6 Å². The number of likely N-dealkylation sites (N-methyl/N-ethyl adjacent to an activating group) is 1. The van der Waals surface area contributed by atoms with E-state index in [0.29, 0.717) is 18.5 Å². The van der Waals surface area contributed by atoms with Crippen molar-refractivity contribution in [2.45, 2.75) is 38.7 Å². The molecule has 1 aliphatic heterocycles. The maximum absolute atomic E-state index is 11.7. The lowest BCUT2D eigenvalue weighted by molar-refractivity contribution is -0.0190. The minimum absolute atomic E-state index is 0.335. The highest BCUT2D eigenvalue weighted by atomic mass is 16.5. The van der Waals surface area contributed by atoms with Gasteiger partial charge < -0.3 is 15.2 Å². The lowest BCUT2D eigenvalue weighted by Gasteiger charge is -2.16. The number of nitrogens with one attached hydrogen (secondary N) is 2. The topological polar surface area (TPSA) is 96.4 Å². The van der Waals surface area contributed by atoms with Crippen LogP contribution in [0.1, 0.15) is 25.1 Å². The molecule has 1 saturated heterocycles. The minimum atomic E-state index is -0.622. The van der Waals surface area contributed by atoms with Gasteiger partial charge in [-0.05, 0) is 13.5 Å². The van der Waals surface area contributed by atoms with E-state index < -0.39 is 23.6 Å². The summed E-state index contributed by atoms with van der Waals surface area (Å²) in [6.07, 6.45) is 0.296. The molecule has 19 heavy (non-hydrogen) atoms. The number of hydrogen-bond donors (Lipinski definition) is 3. The van der Waals surface area contributed by atoms with E-state index in [1.165, 1.54) is 10.8 Å². The van der Waals surface area contributed by atoms with Gasteiger partial charge in [0.25, 0.3) is 5.56 Å². The molecule has 0 amide bonds. The van der Waals surface area contributed by atoms with Gasteiger partial charge in [-0.15, -0.1) is 0 Å². The third kappa shape index (κ3) is 2.94. The average Bonchev–Trinajstić information content (AvgIpc) is 2.72. The summed E-state index contributed by atoms with van der Waals surface area (Å²) >= 11 is 0. The zero-order chi connectivity index (χ0) is 14.0. The van der Waals surface area contributed by atoms with E-state index in [2.05, 4.69) is 10.3 Å². The van der Waals surface area contributed by atoms with Gasteiger partial charge in [-0.25, -0.2) is 4.79 Å². The first-order chi connectivity index (χ1) is 9.02. The molecule has 7 nitrogen and oxygen atoms in total. The van der Waals surface area contributed by atoms with Crippen LogP contribution in [0, 0.1) is 6.92 Å². The lowest BCUT2D eigenvalue weighted by Crippen LogP contribution is -2.35. The Morgan fingerprint density at radius 3 is 3.00 bits per heavy atom. The van der Waals surface area contributed by atoms with Crippen LogP contribution in [0.25, 0.3) is 0 Å². The van der Waals surface area contributed by atoms with E-state index in [1.807, 2.05) is 6.92 Å². The van der Waals surface area contributed by atoms with E-state index in [-0.39, 0.29) is 6.10 Å². The summed E-state index contributed by atoms with van der Waals surface area (Å²) < 4.78 is 6.99. The molecular formula is C12H19N3O4. The van der Waals surface area contributed by atoms with Crippen LogP contribution in [0.5, 0.6) is 0 Å². The number of hydrogen-bond acceptors (Lipinski definition) is 5. The van der Waals surface area contributed by atoms with Gasteiger partial charge in [-0.1, -0.05) is 6.92 Å². The second-order valence-electron chi connectivity index (χ2n) is 4.72. The van der Waals surface area contributed by atoms with Gasteiger partial charge in [-0.2, -0.15) is 0 Å². The number of aromatic amines is 1. The third-order valence-electron chi connectivity index (χ3n) is 3.26. The molecule has 1 aliphatic rings. The number of aliphatic hydroxyl groups is 1. The summed E-state index contributed by atoms with van der Waals surface area (Å²) in [5.41, 5.74) is -0.478. The zero-order valence-electron chi connectivity index (χ0n) is 11.0. The Morgan fingerprint density at radius 2 is 2.32 bits per heavy atom. The summed E-state index contributed by atoms with van der Waals surface area (Å²) in [5, 5.41) is 13.0. The highest BCUT2D eigenvalue weighted by molar-refractivity contribution is 5.02. The average molecular weight is 269 g/mol. The molecule has 0 radical (unpaired) electrons. The van der Waals surface area contributed by atoms with Crippen LogP contribution in [-0.4, -0.2) is 40.0 Å². The molecule has 0 unspecified atom stereocenters. The van der Waals surface area contributed by atoms with Crippen molar-refractivity contribution in [1.29, 1.82) is 0 Å². The highest BCUT2D eigenvalue weighted by Crippen LogP contribution is 2.27. The number of aryl methyl sites for hydroxylation is 1. The van der Waals surface area contributed by atoms with Crippen molar-refractivity contribution in [1.82, 2.24) is 14.9 Å². The molecule has 0 aromatic carbocycles. The third-order valence-corrected chi connectivity index (χ3v) is 3.26. The van der Waals surface area contributed by atoms with Crippen LogP contribution in [0.15, 0.2) is 15.8 Å². The first kappa shape index (κ1) is 14.0. The summed E-state index contributed by atoms with van der Waals surface area (Å²) in [6.45, 7) is 4.91. The predicted octanol–water partition coefficient (Wildman–Crippen LogP) is -0.897. The Morgan fingerprint density at radius 1 is 1.58 bits per heavy atom. The SMILES string of the molecule is CCNC[C@H]1O[C@@H](n2cc(C)c(=O)[nH]c2=O)C[C@H]1O. The number of aromatic nitrogens is 2. The summed E-state index contributed by atoms with van der Waals surface area (Å²) in [4.78, 5) is 25.3. The van der Waals surface area contributed by atoms with Crippen LogP contribution in [-0.2, 0) is 4.74 Å². The molecule has 1 aromatic rings. The van der Waals surface area contributed by atoms with Crippen LogP contribution in [0.2, 0.25) is 0 Å². The fourth-order valence-corrected chi connectivity index (χ4v) is 2.16. The van der Waals surface area contributed by atoms with Gasteiger partial charge in [0.2, 0.25) is 0 Å². The molecule has 7 heteroatoms. The van der Waals surface area contributed by atoms with Gasteiger partial charge in [0.05, 0.1) is 12.2 Å². The Labute approximate surface area is 110 Å². The van der Waals surface area contributed by atoms with E-state index in [1.54, 1.807) is 6.92 Å². The van der Waals surface area contributed by atoms with Gasteiger partial charge in [0.1, 0.15) is 6.23 Å². The van der Waals surface area contributed by atoms with Crippen molar-refractivity contribution < 1.29 is 9.84 Å². The number of aliphatic hydroxyl groups excluding tert-OH is 1.